The lowest BCUT2D eigenvalue weighted by atomic mass is 9.79. The molecule has 0 aromatic rings. The van der Waals surface area contributed by atoms with Crippen LogP contribution in [-0.2, 0) is 4.74 Å². The Bertz CT molecular complexity index is 215. The molecule has 0 aliphatic heterocycles. The third-order valence-corrected chi connectivity index (χ3v) is 4.90. The molecule has 2 fully saturated rings. The van der Waals surface area contributed by atoms with Gasteiger partial charge in [0.15, 0.2) is 0 Å². The van der Waals surface area contributed by atoms with Gasteiger partial charge in [-0.05, 0) is 38.5 Å². The van der Waals surface area contributed by atoms with Gasteiger partial charge < -0.3 is 10.5 Å². The quantitative estimate of drug-likeness (QED) is 0.760. The molecule has 0 aromatic heterocycles. The summed E-state index contributed by atoms with van der Waals surface area (Å²) in [5, 5.41) is 0. The number of ether oxygens (including phenoxy) is 1. The van der Waals surface area contributed by atoms with Gasteiger partial charge in [0.1, 0.15) is 0 Å². The van der Waals surface area contributed by atoms with Gasteiger partial charge in [-0.1, -0.05) is 38.5 Å². The van der Waals surface area contributed by atoms with E-state index in [1.807, 2.05) is 0 Å². The molecule has 2 saturated carbocycles. The van der Waals surface area contributed by atoms with Gasteiger partial charge in [-0.25, -0.2) is 0 Å². The van der Waals surface area contributed by atoms with Crippen molar-refractivity contribution in [2.24, 2.45) is 11.7 Å². The molecule has 2 nitrogen and oxygen atoms in total. The van der Waals surface area contributed by atoms with Gasteiger partial charge in [-0.3, -0.25) is 0 Å². The van der Waals surface area contributed by atoms with Crippen molar-refractivity contribution in [3.8, 4) is 0 Å². The Morgan fingerprint density at radius 1 is 1.06 bits per heavy atom. The fourth-order valence-corrected chi connectivity index (χ4v) is 3.93. The number of hydrogen-bond acceptors (Lipinski definition) is 2. The van der Waals surface area contributed by atoms with Crippen LogP contribution in [0.2, 0.25) is 0 Å². The van der Waals surface area contributed by atoms with E-state index in [-0.39, 0.29) is 11.6 Å². The molecule has 17 heavy (non-hydrogen) atoms. The lowest BCUT2D eigenvalue weighted by Crippen LogP contribution is -2.53. The van der Waals surface area contributed by atoms with E-state index in [0.717, 1.165) is 12.5 Å². The fourth-order valence-electron chi connectivity index (χ4n) is 3.93. The minimum Gasteiger partial charge on any atom is -0.374 e. The summed E-state index contributed by atoms with van der Waals surface area (Å²) >= 11 is 0. The third kappa shape index (κ3) is 3.03. The molecule has 2 aliphatic rings. The molecule has 2 N–H and O–H groups in total. The summed E-state index contributed by atoms with van der Waals surface area (Å²) in [5.41, 5.74) is 6.63. The van der Waals surface area contributed by atoms with Crippen LogP contribution < -0.4 is 5.73 Å². The highest BCUT2D eigenvalue weighted by Gasteiger charge is 2.42. The van der Waals surface area contributed by atoms with Crippen LogP contribution in [0, 0.1) is 5.92 Å². The second kappa shape index (κ2) is 6.19. The average Bonchev–Trinajstić information content (AvgIpc) is 2.76. The van der Waals surface area contributed by atoms with E-state index < -0.39 is 0 Å². The van der Waals surface area contributed by atoms with Crippen molar-refractivity contribution in [2.75, 3.05) is 6.61 Å². The van der Waals surface area contributed by atoms with Crippen LogP contribution in [0.3, 0.4) is 0 Å². The van der Waals surface area contributed by atoms with Crippen LogP contribution in [-0.4, -0.2) is 18.2 Å². The van der Waals surface area contributed by atoms with E-state index >= 15 is 0 Å². The van der Waals surface area contributed by atoms with Gasteiger partial charge in [-0.2, -0.15) is 0 Å². The molecule has 100 valence electrons. The number of rotatable bonds is 4. The minimum absolute atomic E-state index is 0.0141. The molecule has 2 rings (SSSR count). The van der Waals surface area contributed by atoms with E-state index in [0.29, 0.717) is 0 Å². The van der Waals surface area contributed by atoms with Crippen molar-refractivity contribution in [1.82, 2.24) is 0 Å². The predicted molar refractivity (Wildman–Crippen MR) is 72.0 cm³/mol. The van der Waals surface area contributed by atoms with Crippen LogP contribution in [0.25, 0.3) is 0 Å². The lowest BCUT2D eigenvalue weighted by Gasteiger charge is -2.41. The van der Waals surface area contributed by atoms with Crippen molar-refractivity contribution in [3.05, 3.63) is 0 Å². The molecule has 2 aliphatic carbocycles. The van der Waals surface area contributed by atoms with Gasteiger partial charge in [0.2, 0.25) is 0 Å². The topological polar surface area (TPSA) is 35.2 Å². The van der Waals surface area contributed by atoms with Crippen molar-refractivity contribution in [3.63, 3.8) is 0 Å². The second-order valence-electron chi connectivity index (χ2n) is 5.98. The molecule has 0 heterocycles. The van der Waals surface area contributed by atoms with E-state index in [1.54, 1.807) is 0 Å². The maximum Gasteiger partial charge on any atom is 0.0835 e. The summed E-state index contributed by atoms with van der Waals surface area (Å²) in [5.74, 6) is 0.722. The summed E-state index contributed by atoms with van der Waals surface area (Å²) in [4.78, 5) is 0. The zero-order valence-corrected chi connectivity index (χ0v) is 11.4. The summed E-state index contributed by atoms with van der Waals surface area (Å²) in [6.07, 6.45) is 13.1. The Morgan fingerprint density at radius 3 is 2.18 bits per heavy atom. The Morgan fingerprint density at radius 2 is 1.65 bits per heavy atom. The Labute approximate surface area is 106 Å². The van der Waals surface area contributed by atoms with Crippen LogP contribution in [0.5, 0.6) is 0 Å². The van der Waals surface area contributed by atoms with Crippen molar-refractivity contribution >= 4 is 0 Å². The first kappa shape index (κ1) is 13.4. The Hall–Kier alpha value is -0.0800. The smallest absolute Gasteiger partial charge is 0.0835 e. The molecule has 2 heteroatoms. The lowest BCUT2D eigenvalue weighted by molar-refractivity contribution is -0.0800. The van der Waals surface area contributed by atoms with Crippen LogP contribution >= 0.6 is 0 Å². The normalized spacial score (nSPS) is 27.9. The monoisotopic (exact) mass is 239 g/mol. The second-order valence-corrected chi connectivity index (χ2v) is 5.98. The van der Waals surface area contributed by atoms with Gasteiger partial charge in [0, 0.05) is 12.6 Å². The van der Waals surface area contributed by atoms with E-state index in [4.69, 9.17) is 10.5 Å². The van der Waals surface area contributed by atoms with Gasteiger partial charge in [0.05, 0.1) is 5.60 Å². The maximum absolute atomic E-state index is 6.62. The molecule has 0 spiro atoms. The third-order valence-electron chi connectivity index (χ3n) is 4.90. The van der Waals surface area contributed by atoms with E-state index in [1.165, 1.54) is 64.2 Å². The molecule has 0 radical (unpaired) electrons. The molecule has 0 bridgehead atoms. The minimum atomic E-state index is 0.0141. The zero-order chi connectivity index (χ0) is 12.1. The summed E-state index contributed by atoms with van der Waals surface area (Å²) in [6, 6.07) is 0.281. The predicted octanol–water partition coefficient (Wildman–Crippen LogP) is 3.63. The average molecular weight is 239 g/mol. The Balaban J connectivity index is 2.06. The molecule has 0 aromatic carbocycles. The molecule has 1 atom stereocenters. The van der Waals surface area contributed by atoms with E-state index in [9.17, 15) is 0 Å². The molecule has 0 amide bonds. The Kier molecular flexibility index (Phi) is 4.87. The van der Waals surface area contributed by atoms with Crippen LogP contribution in [0.15, 0.2) is 0 Å². The first-order valence-corrected chi connectivity index (χ1v) is 7.68. The summed E-state index contributed by atoms with van der Waals surface area (Å²) in [6.45, 7) is 2.94. The van der Waals surface area contributed by atoms with Crippen molar-refractivity contribution in [2.45, 2.75) is 82.8 Å². The first-order valence-electron chi connectivity index (χ1n) is 7.68. The largest absolute Gasteiger partial charge is 0.374 e. The molecule has 1 unspecified atom stereocenters. The summed E-state index contributed by atoms with van der Waals surface area (Å²) < 4.78 is 6.20. The molecular weight excluding hydrogens is 210 g/mol. The highest BCUT2D eigenvalue weighted by molar-refractivity contribution is 4.97. The van der Waals surface area contributed by atoms with Crippen molar-refractivity contribution in [1.29, 1.82) is 0 Å². The highest BCUT2D eigenvalue weighted by atomic mass is 16.5. The number of hydrogen-bond donors (Lipinski definition) is 1. The van der Waals surface area contributed by atoms with E-state index in [2.05, 4.69) is 6.92 Å². The maximum atomic E-state index is 6.62. The van der Waals surface area contributed by atoms with Gasteiger partial charge >= 0.3 is 0 Å². The van der Waals surface area contributed by atoms with Gasteiger partial charge in [-0.15, -0.1) is 0 Å². The molecular formula is C15H29NO. The number of nitrogens with two attached hydrogens (primary N) is 1. The standard InChI is InChI=1S/C15H29NO/c1-2-17-15(11-7-3-4-8-12-15)14(16)13-9-5-6-10-13/h13-14H,2-12,16H2,1H3. The van der Waals surface area contributed by atoms with Crippen molar-refractivity contribution < 1.29 is 4.74 Å². The molecule has 0 saturated heterocycles. The van der Waals surface area contributed by atoms with Crippen LogP contribution in [0.1, 0.15) is 71.1 Å². The summed E-state index contributed by atoms with van der Waals surface area (Å²) in [7, 11) is 0. The first-order chi connectivity index (χ1) is 8.28. The van der Waals surface area contributed by atoms with Gasteiger partial charge in [0.25, 0.3) is 0 Å². The zero-order valence-electron chi connectivity index (χ0n) is 11.4. The fraction of sp³-hybridized carbons (Fsp3) is 1.00. The van der Waals surface area contributed by atoms with Crippen LogP contribution in [0.4, 0.5) is 0 Å². The highest BCUT2D eigenvalue weighted by Crippen LogP contribution is 2.39. The SMILES string of the molecule is CCOC1(C(N)C2CCCC2)CCCCCC1.